The van der Waals surface area contributed by atoms with E-state index in [-0.39, 0.29) is 12.3 Å². The lowest BCUT2D eigenvalue weighted by Crippen LogP contribution is -2.08. The Bertz CT molecular complexity index is 469. The van der Waals surface area contributed by atoms with Crippen LogP contribution in [0.25, 0.3) is 0 Å². The molecule has 1 fully saturated rings. The number of rotatable bonds is 6. The van der Waals surface area contributed by atoms with Crippen molar-refractivity contribution in [1.82, 2.24) is 0 Å². The van der Waals surface area contributed by atoms with Crippen molar-refractivity contribution in [3.05, 3.63) is 28.2 Å². The van der Waals surface area contributed by atoms with E-state index in [2.05, 4.69) is 48.0 Å². The summed E-state index contributed by atoms with van der Waals surface area (Å²) in [7, 11) is 0. The summed E-state index contributed by atoms with van der Waals surface area (Å²) in [6.45, 7) is 4.34. The van der Waals surface area contributed by atoms with Crippen LogP contribution in [0, 0.1) is 5.92 Å². The summed E-state index contributed by atoms with van der Waals surface area (Å²) in [6, 6.07) is 6.32. The Hall–Kier alpha value is -0.480. The number of hydrogen-bond donors (Lipinski definition) is 1. The van der Waals surface area contributed by atoms with Gasteiger partial charge < -0.3 is 5.11 Å². The van der Waals surface area contributed by atoms with Gasteiger partial charge in [-0.1, -0.05) is 19.9 Å². The maximum Gasteiger partial charge on any atom is 0.303 e. The smallest absolute Gasteiger partial charge is 0.303 e. The van der Waals surface area contributed by atoms with E-state index >= 15 is 0 Å². The molecule has 0 heterocycles. The minimum absolute atomic E-state index is 0.173. The Morgan fingerprint density at radius 3 is 2.63 bits per heavy atom. The van der Waals surface area contributed by atoms with Gasteiger partial charge in [-0.2, -0.15) is 0 Å². The van der Waals surface area contributed by atoms with Crippen molar-refractivity contribution in [1.29, 1.82) is 0 Å². The van der Waals surface area contributed by atoms with Gasteiger partial charge in [0.05, 0.1) is 6.42 Å². The van der Waals surface area contributed by atoms with E-state index < -0.39 is 5.97 Å². The largest absolute Gasteiger partial charge is 0.481 e. The van der Waals surface area contributed by atoms with Crippen LogP contribution < -0.4 is 0 Å². The fourth-order valence-corrected chi connectivity index (χ4v) is 3.84. The Labute approximate surface area is 127 Å². The molecule has 0 aliphatic heterocycles. The summed E-state index contributed by atoms with van der Waals surface area (Å²) in [4.78, 5) is 12.2. The van der Waals surface area contributed by atoms with E-state index in [9.17, 15) is 4.79 Å². The molecule has 0 saturated heterocycles. The minimum Gasteiger partial charge on any atom is -0.481 e. The molecule has 1 unspecified atom stereocenters. The van der Waals surface area contributed by atoms with Crippen molar-refractivity contribution in [2.75, 3.05) is 0 Å². The first-order valence-electron chi connectivity index (χ1n) is 6.65. The average molecular weight is 343 g/mol. The van der Waals surface area contributed by atoms with Gasteiger partial charge >= 0.3 is 5.97 Å². The molecule has 19 heavy (non-hydrogen) atoms. The SMILES string of the molecule is CC(C)Sc1ccc(C(CC(=O)O)C2CC2)cc1Br. The number of halogens is 1. The van der Waals surface area contributed by atoms with Crippen molar-refractivity contribution in [3.8, 4) is 0 Å². The molecule has 2 rings (SSSR count). The van der Waals surface area contributed by atoms with Gasteiger partial charge in [0.15, 0.2) is 0 Å². The highest BCUT2D eigenvalue weighted by Gasteiger charge is 2.33. The number of thioether (sulfide) groups is 1. The van der Waals surface area contributed by atoms with Crippen molar-refractivity contribution in [2.24, 2.45) is 5.92 Å². The van der Waals surface area contributed by atoms with E-state index in [0.717, 1.165) is 22.9 Å². The van der Waals surface area contributed by atoms with Crippen LogP contribution in [0.1, 0.15) is 44.6 Å². The van der Waals surface area contributed by atoms with Gasteiger partial charge in [-0.05, 0) is 58.3 Å². The van der Waals surface area contributed by atoms with Crippen LogP contribution in [-0.4, -0.2) is 16.3 Å². The third-order valence-corrected chi connectivity index (χ3v) is 5.33. The van der Waals surface area contributed by atoms with Crippen molar-refractivity contribution in [3.63, 3.8) is 0 Å². The molecule has 1 aliphatic rings. The first-order chi connectivity index (χ1) is 8.97. The minimum atomic E-state index is -0.700. The van der Waals surface area contributed by atoms with Gasteiger partial charge in [0.25, 0.3) is 0 Å². The van der Waals surface area contributed by atoms with Gasteiger partial charge in [-0.3, -0.25) is 4.79 Å². The van der Waals surface area contributed by atoms with Gasteiger partial charge in [0.1, 0.15) is 0 Å². The fourth-order valence-electron chi connectivity index (χ4n) is 2.34. The van der Waals surface area contributed by atoms with Gasteiger partial charge in [0, 0.05) is 14.6 Å². The maximum atomic E-state index is 11.0. The van der Waals surface area contributed by atoms with Crippen LogP contribution in [-0.2, 0) is 4.79 Å². The summed E-state index contributed by atoms with van der Waals surface area (Å²) in [6.07, 6.45) is 2.57. The second-order valence-corrected chi connectivity index (χ2v) is 7.87. The van der Waals surface area contributed by atoms with Crippen molar-refractivity contribution >= 4 is 33.7 Å². The van der Waals surface area contributed by atoms with E-state index in [1.54, 1.807) is 0 Å². The van der Waals surface area contributed by atoms with E-state index in [1.165, 1.54) is 4.90 Å². The van der Waals surface area contributed by atoms with E-state index in [0.29, 0.717) is 11.2 Å². The zero-order valence-electron chi connectivity index (χ0n) is 11.2. The standard InChI is InChI=1S/C15H19BrO2S/c1-9(2)19-14-6-5-11(7-13(14)16)12(8-15(17)18)10-3-4-10/h5-7,9-10,12H,3-4,8H2,1-2H3,(H,17,18). The van der Waals surface area contributed by atoms with E-state index in [1.807, 2.05) is 11.8 Å². The molecule has 0 bridgehead atoms. The predicted molar refractivity (Wildman–Crippen MR) is 82.9 cm³/mol. The Kier molecular flexibility index (Phi) is 4.96. The summed E-state index contributed by atoms with van der Waals surface area (Å²) in [5.74, 6) is 0.0344. The molecule has 0 aromatic heterocycles. The number of carboxylic acids is 1. The van der Waals surface area contributed by atoms with Crippen molar-refractivity contribution < 1.29 is 9.90 Å². The molecule has 0 amide bonds. The lowest BCUT2D eigenvalue weighted by molar-refractivity contribution is -0.137. The number of carbonyl (C=O) groups is 1. The normalized spacial score (nSPS) is 16.6. The summed E-state index contributed by atoms with van der Waals surface area (Å²) < 4.78 is 1.08. The average Bonchev–Trinajstić information content (AvgIpc) is 3.12. The summed E-state index contributed by atoms with van der Waals surface area (Å²) in [5, 5.41) is 9.59. The van der Waals surface area contributed by atoms with Crippen LogP contribution in [0.15, 0.2) is 27.6 Å². The number of hydrogen-bond acceptors (Lipinski definition) is 2. The van der Waals surface area contributed by atoms with Gasteiger partial charge in [-0.15, -0.1) is 11.8 Å². The first-order valence-corrected chi connectivity index (χ1v) is 8.32. The van der Waals surface area contributed by atoms with Crippen LogP contribution in [0.2, 0.25) is 0 Å². The zero-order chi connectivity index (χ0) is 14.0. The lowest BCUT2D eigenvalue weighted by atomic mass is 9.91. The lowest BCUT2D eigenvalue weighted by Gasteiger charge is -2.16. The molecule has 1 aromatic carbocycles. The molecular weight excluding hydrogens is 324 g/mol. The molecule has 4 heteroatoms. The Morgan fingerprint density at radius 1 is 1.47 bits per heavy atom. The second kappa shape index (κ2) is 6.31. The molecule has 1 aliphatic carbocycles. The third-order valence-electron chi connectivity index (χ3n) is 3.33. The quantitative estimate of drug-likeness (QED) is 0.745. The summed E-state index contributed by atoms with van der Waals surface area (Å²) in [5.41, 5.74) is 1.16. The van der Waals surface area contributed by atoms with Crippen LogP contribution in [0.5, 0.6) is 0 Å². The van der Waals surface area contributed by atoms with E-state index in [4.69, 9.17) is 5.11 Å². The Morgan fingerprint density at radius 2 is 2.16 bits per heavy atom. The highest BCUT2D eigenvalue weighted by atomic mass is 79.9. The third kappa shape index (κ3) is 4.25. The zero-order valence-corrected chi connectivity index (χ0v) is 13.6. The molecule has 1 saturated carbocycles. The summed E-state index contributed by atoms with van der Waals surface area (Å²) >= 11 is 5.43. The van der Waals surface area contributed by atoms with Crippen molar-refractivity contribution in [2.45, 2.75) is 49.2 Å². The topological polar surface area (TPSA) is 37.3 Å². The maximum absolute atomic E-state index is 11.0. The molecule has 1 N–H and O–H groups in total. The van der Waals surface area contributed by atoms with Crippen LogP contribution >= 0.6 is 27.7 Å². The molecule has 1 atom stereocenters. The first kappa shape index (κ1) is 14.9. The van der Waals surface area contributed by atoms with Crippen LogP contribution in [0.3, 0.4) is 0 Å². The molecule has 0 spiro atoms. The fraction of sp³-hybridized carbons (Fsp3) is 0.533. The monoisotopic (exact) mass is 342 g/mol. The molecule has 1 aromatic rings. The number of benzene rings is 1. The van der Waals surface area contributed by atoms with Gasteiger partial charge in [-0.25, -0.2) is 0 Å². The highest BCUT2D eigenvalue weighted by Crippen LogP contribution is 2.45. The molecule has 104 valence electrons. The molecule has 0 radical (unpaired) electrons. The van der Waals surface area contributed by atoms with Crippen LogP contribution in [0.4, 0.5) is 0 Å². The van der Waals surface area contributed by atoms with Gasteiger partial charge in [0.2, 0.25) is 0 Å². The number of aliphatic carboxylic acids is 1. The highest BCUT2D eigenvalue weighted by molar-refractivity contribution is 9.10. The number of carboxylic acid groups (broad SMARTS) is 1. The Balaban J connectivity index is 2.19. The predicted octanol–water partition coefficient (Wildman–Crippen LogP) is 4.92. The molecular formula is C15H19BrO2S. The molecule has 2 nitrogen and oxygen atoms in total. The second-order valence-electron chi connectivity index (χ2n) is 5.40.